The topological polar surface area (TPSA) is 95.7 Å². The zero-order chi connectivity index (χ0) is 11.4. The largest absolute Gasteiger partial charge is 0.394 e. The fraction of sp³-hybridized carbons (Fsp3) is 0.778. The number of nitrogens with two attached hydrogens (primary N) is 1. The quantitative estimate of drug-likeness (QED) is 0.565. The number of amides is 3. The molecular formula is C9H17N3O3. The molecule has 0 aromatic heterocycles. The maximum Gasteiger partial charge on any atom is 0.312 e. The Morgan fingerprint density at radius 1 is 1.67 bits per heavy atom. The number of primary amides is 1. The molecular weight excluding hydrogens is 198 g/mol. The van der Waals surface area contributed by atoms with Gasteiger partial charge in [-0.1, -0.05) is 0 Å². The van der Waals surface area contributed by atoms with E-state index in [0.29, 0.717) is 6.54 Å². The van der Waals surface area contributed by atoms with E-state index >= 15 is 0 Å². The summed E-state index contributed by atoms with van der Waals surface area (Å²) in [5, 5.41) is 11.4. The van der Waals surface area contributed by atoms with E-state index in [1.807, 2.05) is 0 Å². The Hall–Kier alpha value is -1.30. The van der Waals surface area contributed by atoms with Crippen LogP contribution in [-0.4, -0.2) is 47.2 Å². The second kappa shape index (κ2) is 4.97. The minimum atomic E-state index is -0.712. The molecule has 0 aromatic rings. The van der Waals surface area contributed by atoms with Crippen LogP contribution in [0.1, 0.15) is 19.8 Å². The number of aliphatic hydroxyl groups is 1. The fourth-order valence-corrected chi connectivity index (χ4v) is 1.84. The van der Waals surface area contributed by atoms with Gasteiger partial charge >= 0.3 is 6.03 Å². The maximum atomic E-state index is 11.8. The van der Waals surface area contributed by atoms with Gasteiger partial charge in [0.1, 0.15) is 6.04 Å². The number of nitrogens with one attached hydrogen (secondary N) is 1. The van der Waals surface area contributed by atoms with Crippen molar-refractivity contribution >= 4 is 11.9 Å². The average Bonchev–Trinajstić information content (AvgIpc) is 2.62. The van der Waals surface area contributed by atoms with Gasteiger partial charge in [0.15, 0.2) is 0 Å². The zero-order valence-electron chi connectivity index (χ0n) is 8.77. The smallest absolute Gasteiger partial charge is 0.312 e. The highest BCUT2D eigenvalue weighted by Crippen LogP contribution is 2.17. The average molecular weight is 215 g/mol. The van der Waals surface area contributed by atoms with E-state index < -0.39 is 12.1 Å². The predicted octanol–water partition coefficient (Wildman–Crippen LogP) is -0.973. The van der Waals surface area contributed by atoms with E-state index in [-0.39, 0.29) is 18.6 Å². The van der Waals surface area contributed by atoms with Crippen molar-refractivity contribution in [1.29, 1.82) is 0 Å². The standard InChI is InChI=1S/C9H17N3O3/c1-6(11-9(10)15)8(14)12-4-2-3-7(12)5-13/h6-7,13H,2-5H2,1H3,(H3,10,11,15)/t6?,7-/m1/s1. The second-order valence-corrected chi connectivity index (χ2v) is 3.74. The summed E-state index contributed by atoms with van der Waals surface area (Å²) in [4.78, 5) is 24.0. The second-order valence-electron chi connectivity index (χ2n) is 3.74. The van der Waals surface area contributed by atoms with E-state index in [1.54, 1.807) is 11.8 Å². The molecule has 1 aliphatic heterocycles. The lowest BCUT2D eigenvalue weighted by atomic mass is 10.2. The lowest BCUT2D eigenvalue weighted by Gasteiger charge is -2.26. The van der Waals surface area contributed by atoms with E-state index in [9.17, 15) is 9.59 Å². The molecule has 4 N–H and O–H groups in total. The van der Waals surface area contributed by atoms with Gasteiger partial charge in [0.25, 0.3) is 0 Å². The highest BCUT2D eigenvalue weighted by atomic mass is 16.3. The van der Waals surface area contributed by atoms with Crippen molar-refractivity contribution in [2.45, 2.75) is 31.8 Å². The molecule has 6 nitrogen and oxygen atoms in total. The van der Waals surface area contributed by atoms with E-state index in [2.05, 4.69) is 5.32 Å². The summed E-state index contributed by atoms with van der Waals surface area (Å²) < 4.78 is 0. The number of rotatable bonds is 3. The zero-order valence-corrected chi connectivity index (χ0v) is 8.77. The minimum absolute atomic E-state index is 0.0327. The Labute approximate surface area is 88.4 Å². The lowest BCUT2D eigenvalue weighted by Crippen LogP contribution is -2.50. The van der Waals surface area contributed by atoms with Gasteiger partial charge in [-0.3, -0.25) is 4.79 Å². The monoisotopic (exact) mass is 215 g/mol. The van der Waals surface area contributed by atoms with Crippen molar-refractivity contribution < 1.29 is 14.7 Å². The van der Waals surface area contributed by atoms with Crippen molar-refractivity contribution in [3.63, 3.8) is 0 Å². The van der Waals surface area contributed by atoms with Crippen molar-refractivity contribution in [1.82, 2.24) is 10.2 Å². The van der Waals surface area contributed by atoms with Crippen LogP contribution >= 0.6 is 0 Å². The normalized spacial score (nSPS) is 22.5. The molecule has 6 heteroatoms. The minimum Gasteiger partial charge on any atom is -0.394 e. The molecule has 1 fully saturated rings. The van der Waals surface area contributed by atoms with E-state index in [1.165, 1.54) is 0 Å². The van der Waals surface area contributed by atoms with E-state index in [4.69, 9.17) is 10.8 Å². The van der Waals surface area contributed by atoms with Gasteiger partial charge in [-0.2, -0.15) is 0 Å². The van der Waals surface area contributed by atoms with Gasteiger partial charge in [-0.05, 0) is 19.8 Å². The third kappa shape index (κ3) is 2.82. The molecule has 0 saturated carbocycles. The summed E-state index contributed by atoms with van der Waals surface area (Å²) in [6.45, 7) is 2.18. The van der Waals surface area contributed by atoms with Crippen molar-refractivity contribution in [2.75, 3.05) is 13.2 Å². The molecule has 1 saturated heterocycles. The first-order chi connectivity index (χ1) is 7.06. The third-order valence-electron chi connectivity index (χ3n) is 2.60. The van der Waals surface area contributed by atoms with Crippen LogP contribution in [0.5, 0.6) is 0 Å². The molecule has 0 aliphatic carbocycles. The van der Waals surface area contributed by atoms with Crippen LogP contribution in [0.2, 0.25) is 0 Å². The van der Waals surface area contributed by atoms with Crippen LogP contribution in [0, 0.1) is 0 Å². The van der Waals surface area contributed by atoms with Crippen LogP contribution in [0.3, 0.4) is 0 Å². The van der Waals surface area contributed by atoms with Gasteiger partial charge in [0.05, 0.1) is 12.6 Å². The number of likely N-dealkylation sites (tertiary alicyclic amines) is 1. The van der Waals surface area contributed by atoms with Gasteiger partial charge in [0, 0.05) is 6.54 Å². The molecule has 1 unspecified atom stereocenters. The highest BCUT2D eigenvalue weighted by Gasteiger charge is 2.31. The third-order valence-corrected chi connectivity index (χ3v) is 2.60. The highest BCUT2D eigenvalue weighted by molar-refractivity contribution is 5.86. The van der Waals surface area contributed by atoms with Crippen LogP contribution in [-0.2, 0) is 4.79 Å². The number of aliphatic hydroxyl groups excluding tert-OH is 1. The van der Waals surface area contributed by atoms with Crippen LogP contribution in [0.15, 0.2) is 0 Å². The predicted molar refractivity (Wildman–Crippen MR) is 54.0 cm³/mol. The summed E-state index contributed by atoms with van der Waals surface area (Å²) in [6, 6.07) is -1.46. The molecule has 0 bridgehead atoms. The Morgan fingerprint density at radius 3 is 2.87 bits per heavy atom. The molecule has 1 rings (SSSR count). The van der Waals surface area contributed by atoms with Crippen molar-refractivity contribution in [3.8, 4) is 0 Å². The van der Waals surface area contributed by atoms with Gasteiger partial charge in [0.2, 0.25) is 5.91 Å². The Kier molecular flexibility index (Phi) is 3.90. The first-order valence-electron chi connectivity index (χ1n) is 5.03. The molecule has 0 radical (unpaired) electrons. The maximum absolute atomic E-state index is 11.8. The number of carbonyl (C=O) groups is 2. The summed E-state index contributed by atoms with van der Waals surface area (Å²) in [7, 11) is 0. The van der Waals surface area contributed by atoms with Crippen LogP contribution < -0.4 is 11.1 Å². The summed E-state index contributed by atoms with van der Waals surface area (Å²) in [5.41, 5.74) is 4.93. The summed E-state index contributed by atoms with van der Waals surface area (Å²) in [6.07, 6.45) is 1.70. The van der Waals surface area contributed by atoms with Gasteiger partial charge < -0.3 is 21.1 Å². The molecule has 0 spiro atoms. The van der Waals surface area contributed by atoms with Crippen molar-refractivity contribution in [3.05, 3.63) is 0 Å². The fourth-order valence-electron chi connectivity index (χ4n) is 1.84. The molecule has 15 heavy (non-hydrogen) atoms. The first-order valence-corrected chi connectivity index (χ1v) is 5.03. The molecule has 3 amide bonds. The number of hydrogen-bond donors (Lipinski definition) is 3. The Morgan fingerprint density at radius 2 is 2.33 bits per heavy atom. The van der Waals surface area contributed by atoms with Gasteiger partial charge in [-0.25, -0.2) is 4.79 Å². The SMILES string of the molecule is CC(NC(N)=O)C(=O)N1CCC[C@@H]1CO. The Balaban J connectivity index is 2.55. The first kappa shape index (κ1) is 11.8. The summed E-state index contributed by atoms with van der Waals surface area (Å²) >= 11 is 0. The number of carbonyl (C=O) groups excluding carboxylic acids is 2. The molecule has 1 heterocycles. The molecule has 86 valence electrons. The molecule has 2 atom stereocenters. The van der Waals surface area contributed by atoms with Crippen molar-refractivity contribution in [2.24, 2.45) is 5.73 Å². The number of hydrogen-bond acceptors (Lipinski definition) is 3. The lowest BCUT2D eigenvalue weighted by molar-refractivity contribution is -0.134. The number of urea groups is 1. The Bertz CT molecular complexity index is 257. The molecule has 1 aliphatic rings. The molecule has 0 aromatic carbocycles. The number of nitrogens with zero attached hydrogens (tertiary/aromatic N) is 1. The summed E-state index contributed by atoms with van der Waals surface area (Å²) in [5.74, 6) is -0.189. The van der Waals surface area contributed by atoms with E-state index in [0.717, 1.165) is 12.8 Å². The van der Waals surface area contributed by atoms with Gasteiger partial charge in [-0.15, -0.1) is 0 Å². The van der Waals surface area contributed by atoms with Crippen LogP contribution in [0.4, 0.5) is 4.79 Å². The van der Waals surface area contributed by atoms with Crippen LogP contribution in [0.25, 0.3) is 0 Å².